The van der Waals surface area contributed by atoms with E-state index in [2.05, 4.69) is 0 Å². The Hall–Kier alpha value is -2.71. The smallest absolute Gasteiger partial charge is 0.420 e. The minimum absolute atomic E-state index is 0.0367. The van der Waals surface area contributed by atoms with Crippen LogP contribution in [-0.2, 0) is 28.5 Å². The second-order valence-corrected chi connectivity index (χ2v) is 9.07. The molecular formula is C22H35NO8. The zero-order valence-electron chi connectivity index (χ0n) is 20.0. The molecular weight excluding hydrogens is 406 g/mol. The molecule has 0 saturated heterocycles. The predicted octanol–water partition coefficient (Wildman–Crippen LogP) is 4.31. The van der Waals surface area contributed by atoms with Crippen LogP contribution in [0.5, 0.6) is 0 Å². The van der Waals surface area contributed by atoms with Gasteiger partial charge in [-0.05, 0) is 54.0 Å². The number of allylic oxidation sites excluding steroid dienone is 2. The first-order chi connectivity index (χ1) is 14.2. The quantitative estimate of drug-likeness (QED) is 0.444. The minimum atomic E-state index is -1.27. The lowest BCUT2D eigenvalue weighted by Crippen LogP contribution is -2.52. The van der Waals surface area contributed by atoms with E-state index in [1.807, 2.05) is 0 Å². The van der Waals surface area contributed by atoms with Crippen LogP contribution in [-0.4, -0.2) is 61.6 Å². The molecule has 31 heavy (non-hydrogen) atoms. The summed E-state index contributed by atoms with van der Waals surface area (Å²) in [6.45, 7) is 9.98. The summed E-state index contributed by atoms with van der Waals surface area (Å²) in [7, 11) is 4.26. The number of nitrogens with zero attached hydrogens (tertiary/aromatic N) is 1. The van der Waals surface area contributed by atoms with E-state index in [1.165, 1.54) is 14.2 Å². The maximum Gasteiger partial charge on any atom is 0.420 e. The lowest BCUT2D eigenvalue weighted by molar-refractivity contribution is -0.146. The van der Waals surface area contributed by atoms with Crippen molar-refractivity contribution in [1.29, 1.82) is 0 Å². The number of carbonyl (C=O) groups is 3. The lowest BCUT2D eigenvalue weighted by atomic mass is 9.95. The summed E-state index contributed by atoms with van der Waals surface area (Å²) < 4.78 is 26.3. The molecule has 0 saturated carbocycles. The van der Waals surface area contributed by atoms with Crippen LogP contribution in [0.25, 0.3) is 0 Å². The number of ether oxygens (including phenoxy) is 5. The van der Waals surface area contributed by atoms with Crippen LogP contribution in [0.15, 0.2) is 23.2 Å². The van der Waals surface area contributed by atoms with Crippen molar-refractivity contribution in [2.75, 3.05) is 21.3 Å². The number of methoxy groups -OCH3 is 3. The lowest BCUT2D eigenvalue weighted by Gasteiger charge is -2.33. The minimum Gasteiger partial charge on any atom is -0.497 e. The Morgan fingerprint density at radius 2 is 1.42 bits per heavy atom. The van der Waals surface area contributed by atoms with Gasteiger partial charge in [-0.25, -0.2) is 14.4 Å². The first-order valence-electron chi connectivity index (χ1n) is 10.1. The molecule has 176 valence electrons. The zero-order chi connectivity index (χ0) is 24.0. The van der Waals surface area contributed by atoms with E-state index in [9.17, 15) is 14.4 Å². The fourth-order valence-electron chi connectivity index (χ4n) is 2.89. The first-order valence-corrected chi connectivity index (χ1v) is 10.1. The molecule has 0 bridgehead atoms. The second-order valence-electron chi connectivity index (χ2n) is 9.07. The van der Waals surface area contributed by atoms with E-state index in [1.54, 1.807) is 54.7 Å². The maximum atomic E-state index is 12.9. The highest BCUT2D eigenvalue weighted by Crippen LogP contribution is 2.30. The molecule has 0 N–H and O–H groups in total. The van der Waals surface area contributed by atoms with Gasteiger partial charge in [0, 0.05) is 12.8 Å². The van der Waals surface area contributed by atoms with Gasteiger partial charge in [-0.3, -0.25) is 0 Å². The van der Waals surface area contributed by atoms with Crippen molar-refractivity contribution in [1.82, 2.24) is 4.90 Å². The molecule has 0 aromatic rings. The van der Waals surface area contributed by atoms with Gasteiger partial charge in [0.2, 0.25) is 0 Å². The van der Waals surface area contributed by atoms with Crippen LogP contribution in [0.4, 0.5) is 9.59 Å². The molecule has 0 aromatic heterocycles. The van der Waals surface area contributed by atoms with E-state index in [-0.39, 0.29) is 6.42 Å². The number of imide groups is 1. The molecule has 0 fully saturated rings. The zero-order valence-corrected chi connectivity index (χ0v) is 20.0. The Balaban J connectivity index is 3.36. The van der Waals surface area contributed by atoms with Crippen LogP contribution in [0.1, 0.15) is 60.8 Å². The molecule has 2 amide bonds. The van der Waals surface area contributed by atoms with Crippen LogP contribution in [0.2, 0.25) is 0 Å². The summed E-state index contributed by atoms with van der Waals surface area (Å²) in [5, 5.41) is 0. The normalized spacial score (nSPS) is 15.5. The summed E-state index contributed by atoms with van der Waals surface area (Å²) in [4.78, 5) is 39.2. The molecule has 0 aliphatic heterocycles. The highest BCUT2D eigenvalue weighted by atomic mass is 16.6. The van der Waals surface area contributed by atoms with Crippen molar-refractivity contribution in [2.24, 2.45) is 0 Å². The van der Waals surface area contributed by atoms with Gasteiger partial charge in [0.25, 0.3) is 0 Å². The Kier molecular flexibility index (Phi) is 8.96. The van der Waals surface area contributed by atoms with Gasteiger partial charge < -0.3 is 23.7 Å². The van der Waals surface area contributed by atoms with Crippen molar-refractivity contribution >= 4 is 18.2 Å². The Labute approximate surface area is 184 Å². The summed E-state index contributed by atoms with van der Waals surface area (Å²) in [5.41, 5.74) is -0.992. The Morgan fingerprint density at radius 3 is 1.81 bits per heavy atom. The van der Waals surface area contributed by atoms with Crippen molar-refractivity contribution in [3.8, 4) is 0 Å². The molecule has 1 aliphatic carbocycles. The van der Waals surface area contributed by atoms with Gasteiger partial charge in [0.1, 0.15) is 23.0 Å². The molecule has 1 aliphatic rings. The maximum absolute atomic E-state index is 12.9. The third-order valence-corrected chi connectivity index (χ3v) is 4.17. The first kappa shape index (κ1) is 26.3. The third-order valence-electron chi connectivity index (χ3n) is 4.17. The fourth-order valence-corrected chi connectivity index (χ4v) is 2.89. The summed E-state index contributed by atoms with van der Waals surface area (Å²) in [6, 6.07) is -1.27. The van der Waals surface area contributed by atoms with Gasteiger partial charge in [0.05, 0.1) is 21.3 Å². The van der Waals surface area contributed by atoms with E-state index in [4.69, 9.17) is 23.7 Å². The van der Waals surface area contributed by atoms with Gasteiger partial charge in [-0.1, -0.05) is 5.57 Å². The Bertz CT molecular complexity index is 712. The number of carbonyl (C=O) groups excluding carboxylic acids is 3. The summed E-state index contributed by atoms with van der Waals surface area (Å²) in [5.74, 6) is 0.434. The molecule has 1 rings (SSSR count). The molecule has 0 radical (unpaired) electrons. The number of esters is 1. The topological polar surface area (TPSA) is 101 Å². The summed E-state index contributed by atoms with van der Waals surface area (Å²) in [6.07, 6.45) is 0.899. The number of hydrogen-bond acceptors (Lipinski definition) is 8. The van der Waals surface area contributed by atoms with Crippen LogP contribution >= 0.6 is 0 Å². The Morgan fingerprint density at radius 1 is 0.903 bits per heavy atom. The van der Waals surface area contributed by atoms with Crippen LogP contribution < -0.4 is 0 Å². The molecule has 1 atom stereocenters. The SMILES string of the molecule is COC(=O)[C@H](CC1=CC(OC)=C(OC)CC1)N(C(=O)OC(C)(C)C)C(=O)OC(C)(C)C. The van der Waals surface area contributed by atoms with Crippen molar-refractivity contribution < 1.29 is 38.1 Å². The monoisotopic (exact) mass is 441 g/mol. The van der Waals surface area contributed by atoms with Crippen molar-refractivity contribution in [3.63, 3.8) is 0 Å². The summed E-state index contributed by atoms with van der Waals surface area (Å²) >= 11 is 0. The third kappa shape index (κ3) is 8.15. The van der Waals surface area contributed by atoms with E-state index in [0.29, 0.717) is 29.3 Å². The molecule has 9 nitrogen and oxygen atoms in total. The molecule has 0 unspecified atom stereocenters. The standard InChI is InChI=1S/C22H35NO8/c1-21(2,3)30-19(25)23(20(26)31-22(4,5)6)15(18(24)29-9)12-14-10-11-16(27-7)17(13-14)28-8/h13,15H,10-12H2,1-9H3/t15-/m0/s1. The van der Waals surface area contributed by atoms with Gasteiger partial charge in [-0.15, -0.1) is 0 Å². The average molecular weight is 442 g/mol. The molecule has 0 heterocycles. The molecule has 0 spiro atoms. The van der Waals surface area contributed by atoms with Crippen LogP contribution in [0, 0.1) is 0 Å². The highest BCUT2D eigenvalue weighted by Gasteiger charge is 2.41. The number of rotatable bonds is 6. The van der Waals surface area contributed by atoms with Crippen LogP contribution in [0.3, 0.4) is 0 Å². The van der Waals surface area contributed by atoms with Gasteiger partial charge in [-0.2, -0.15) is 4.90 Å². The number of hydrogen-bond donors (Lipinski definition) is 0. The van der Waals surface area contributed by atoms with Crippen molar-refractivity contribution in [2.45, 2.75) is 78.0 Å². The number of amides is 2. The van der Waals surface area contributed by atoms with E-state index in [0.717, 1.165) is 5.57 Å². The van der Waals surface area contributed by atoms with Crippen molar-refractivity contribution in [3.05, 3.63) is 23.2 Å². The molecule has 0 aromatic carbocycles. The average Bonchev–Trinajstić information content (AvgIpc) is 2.63. The highest BCUT2D eigenvalue weighted by molar-refractivity contribution is 5.94. The van der Waals surface area contributed by atoms with Gasteiger partial charge in [0.15, 0.2) is 5.76 Å². The van der Waals surface area contributed by atoms with E-state index < -0.39 is 35.4 Å². The molecule has 9 heteroatoms. The second kappa shape index (κ2) is 10.5. The van der Waals surface area contributed by atoms with Gasteiger partial charge >= 0.3 is 18.2 Å². The fraction of sp³-hybridized carbons (Fsp3) is 0.682. The largest absolute Gasteiger partial charge is 0.497 e. The van der Waals surface area contributed by atoms with E-state index >= 15 is 0 Å². The predicted molar refractivity (Wildman–Crippen MR) is 113 cm³/mol.